The molecule has 12 heavy (non-hydrogen) atoms. The lowest BCUT2D eigenvalue weighted by Crippen LogP contribution is -2.15. The molecule has 0 bridgehead atoms. The van der Waals surface area contributed by atoms with E-state index < -0.39 is 0 Å². The maximum absolute atomic E-state index is 4.27. The van der Waals surface area contributed by atoms with Crippen LogP contribution in [-0.2, 0) is 0 Å². The molecule has 0 saturated carbocycles. The van der Waals surface area contributed by atoms with Crippen molar-refractivity contribution in [2.24, 2.45) is 10.5 Å². The Morgan fingerprint density at radius 3 is 2.33 bits per heavy atom. The first-order chi connectivity index (χ1) is 5.45. The van der Waals surface area contributed by atoms with Crippen LogP contribution in [-0.4, -0.2) is 12.3 Å². The average molecular weight is 170 g/mol. The molecule has 0 aromatic rings. The Kier molecular flexibility index (Phi) is 4.95. The molecule has 2 nitrogen and oxygen atoms in total. The highest BCUT2D eigenvalue weighted by molar-refractivity contribution is 5.82. The van der Waals surface area contributed by atoms with Crippen molar-refractivity contribution >= 4 is 5.71 Å². The van der Waals surface area contributed by atoms with Gasteiger partial charge >= 0.3 is 0 Å². The molecule has 0 atom stereocenters. The number of nitrogens with one attached hydrogen (secondary N) is 1. The zero-order chi connectivity index (χ0) is 9.61. The van der Waals surface area contributed by atoms with Crippen LogP contribution in [0, 0.1) is 5.41 Å². The number of hydrogen-bond acceptors (Lipinski definition) is 2. The second kappa shape index (κ2) is 5.18. The van der Waals surface area contributed by atoms with Gasteiger partial charge in [0.05, 0.1) is 0 Å². The van der Waals surface area contributed by atoms with Gasteiger partial charge in [0.2, 0.25) is 0 Å². The van der Waals surface area contributed by atoms with Gasteiger partial charge in [0.1, 0.15) is 0 Å². The number of hydrogen-bond donors (Lipinski definition) is 1. The van der Waals surface area contributed by atoms with Crippen molar-refractivity contribution in [2.75, 3.05) is 6.54 Å². The van der Waals surface area contributed by atoms with E-state index in [9.17, 15) is 0 Å². The van der Waals surface area contributed by atoms with Crippen molar-refractivity contribution in [3.63, 3.8) is 0 Å². The van der Waals surface area contributed by atoms with Gasteiger partial charge in [-0.25, -0.2) is 0 Å². The van der Waals surface area contributed by atoms with E-state index in [1.54, 1.807) is 0 Å². The van der Waals surface area contributed by atoms with Crippen molar-refractivity contribution in [1.29, 1.82) is 0 Å². The van der Waals surface area contributed by atoms with Crippen LogP contribution < -0.4 is 5.43 Å². The molecule has 0 amide bonds. The van der Waals surface area contributed by atoms with E-state index in [1.165, 1.54) is 5.71 Å². The molecule has 0 unspecified atom stereocenters. The monoisotopic (exact) mass is 170 g/mol. The van der Waals surface area contributed by atoms with E-state index in [-0.39, 0.29) is 0 Å². The van der Waals surface area contributed by atoms with E-state index in [4.69, 9.17) is 0 Å². The van der Waals surface area contributed by atoms with Gasteiger partial charge in [-0.15, -0.1) is 0 Å². The molecule has 0 fully saturated rings. The quantitative estimate of drug-likeness (QED) is 0.391. The van der Waals surface area contributed by atoms with Crippen LogP contribution in [0.5, 0.6) is 0 Å². The molecule has 0 aliphatic carbocycles. The fourth-order valence-electron chi connectivity index (χ4n) is 1.11. The maximum Gasteiger partial charge on any atom is 0.0352 e. The lowest BCUT2D eigenvalue weighted by atomic mass is 9.90. The van der Waals surface area contributed by atoms with E-state index in [0.717, 1.165) is 19.4 Å². The molecular weight excluding hydrogens is 148 g/mol. The zero-order valence-corrected chi connectivity index (χ0v) is 9.07. The molecule has 0 rings (SSSR count). The number of rotatable bonds is 4. The van der Waals surface area contributed by atoms with Crippen molar-refractivity contribution in [1.82, 2.24) is 5.43 Å². The Balaban J connectivity index is 3.70. The van der Waals surface area contributed by atoms with E-state index in [2.05, 4.69) is 45.1 Å². The van der Waals surface area contributed by atoms with Gasteiger partial charge in [0.25, 0.3) is 0 Å². The highest BCUT2D eigenvalue weighted by Crippen LogP contribution is 2.18. The summed E-state index contributed by atoms with van der Waals surface area (Å²) in [6.45, 7) is 11.9. The highest BCUT2D eigenvalue weighted by Gasteiger charge is 2.11. The van der Waals surface area contributed by atoms with E-state index in [0.29, 0.717) is 5.41 Å². The minimum Gasteiger partial charge on any atom is -0.310 e. The van der Waals surface area contributed by atoms with Crippen LogP contribution in [0.1, 0.15) is 47.5 Å². The van der Waals surface area contributed by atoms with Crippen LogP contribution in [0.3, 0.4) is 0 Å². The number of hydrazone groups is 1. The van der Waals surface area contributed by atoms with Crippen molar-refractivity contribution in [3.05, 3.63) is 0 Å². The maximum atomic E-state index is 4.27. The summed E-state index contributed by atoms with van der Waals surface area (Å²) in [7, 11) is 0. The molecule has 0 saturated heterocycles. The smallest absolute Gasteiger partial charge is 0.0352 e. The SMILES string of the molecule is CCCNN=C(C)CC(C)(C)C. The third kappa shape index (κ3) is 7.58. The highest BCUT2D eigenvalue weighted by atomic mass is 15.3. The summed E-state index contributed by atoms with van der Waals surface area (Å²) in [6.07, 6.45) is 2.19. The third-order valence-electron chi connectivity index (χ3n) is 1.42. The van der Waals surface area contributed by atoms with Gasteiger partial charge in [0.15, 0.2) is 0 Å². The fraction of sp³-hybridized carbons (Fsp3) is 0.900. The molecule has 1 N–H and O–H groups in total. The molecule has 0 radical (unpaired) electrons. The van der Waals surface area contributed by atoms with Crippen LogP contribution in [0.4, 0.5) is 0 Å². The van der Waals surface area contributed by atoms with Crippen molar-refractivity contribution < 1.29 is 0 Å². The van der Waals surface area contributed by atoms with Crippen LogP contribution in [0.15, 0.2) is 5.10 Å². The van der Waals surface area contributed by atoms with Gasteiger partial charge in [-0.3, -0.25) is 0 Å². The molecule has 0 aromatic heterocycles. The first kappa shape index (κ1) is 11.5. The van der Waals surface area contributed by atoms with Crippen LogP contribution >= 0.6 is 0 Å². The summed E-state index contributed by atoms with van der Waals surface area (Å²) in [5, 5.41) is 4.27. The Morgan fingerprint density at radius 1 is 1.33 bits per heavy atom. The molecule has 72 valence electrons. The summed E-state index contributed by atoms with van der Waals surface area (Å²) >= 11 is 0. The molecule has 2 heteroatoms. The second-order valence-electron chi connectivity index (χ2n) is 4.49. The van der Waals surface area contributed by atoms with Crippen molar-refractivity contribution in [3.8, 4) is 0 Å². The summed E-state index contributed by atoms with van der Waals surface area (Å²) in [6, 6.07) is 0. The van der Waals surface area contributed by atoms with Gasteiger partial charge < -0.3 is 5.43 Å². The van der Waals surface area contributed by atoms with E-state index >= 15 is 0 Å². The molecule has 0 spiro atoms. The molecule has 0 aromatic carbocycles. The Morgan fingerprint density at radius 2 is 1.92 bits per heavy atom. The molecular formula is C10H22N2. The normalized spacial score (nSPS) is 13.2. The van der Waals surface area contributed by atoms with Gasteiger partial charge in [0, 0.05) is 12.3 Å². The minimum absolute atomic E-state index is 0.349. The summed E-state index contributed by atoms with van der Waals surface area (Å²) in [4.78, 5) is 0. The second-order valence-corrected chi connectivity index (χ2v) is 4.49. The summed E-state index contributed by atoms with van der Waals surface area (Å²) in [5.41, 5.74) is 4.58. The van der Waals surface area contributed by atoms with Crippen LogP contribution in [0.25, 0.3) is 0 Å². The van der Waals surface area contributed by atoms with Crippen LogP contribution in [0.2, 0.25) is 0 Å². The standard InChI is InChI=1S/C10H22N2/c1-6-7-11-12-9(2)8-10(3,4)5/h11H,6-8H2,1-5H3. The summed E-state index contributed by atoms with van der Waals surface area (Å²) < 4.78 is 0. The van der Waals surface area contributed by atoms with Crippen molar-refractivity contribution in [2.45, 2.75) is 47.5 Å². The predicted octanol–water partition coefficient (Wildman–Crippen LogP) is 2.80. The lowest BCUT2D eigenvalue weighted by molar-refractivity contribution is 0.432. The topological polar surface area (TPSA) is 24.4 Å². The minimum atomic E-state index is 0.349. The predicted molar refractivity (Wildman–Crippen MR) is 55.5 cm³/mol. The fourth-order valence-corrected chi connectivity index (χ4v) is 1.11. The van der Waals surface area contributed by atoms with E-state index in [1.807, 2.05) is 0 Å². The lowest BCUT2D eigenvalue weighted by Gasteiger charge is -2.17. The number of nitrogens with zero attached hydrogens (tertiary/aromatic N) is 1. The Labute approximate surface area is 76.4 Å². The zero-order valence-electron chi connectivity index (χ0n) is 9.07. The van der Waals surface area contributed by atoms with Gasteiger partial charge in [-0.1, -0.05) is 27.7 Å². The van der Waals surface area contributed by atoms with Gasteiger partial charge in [-0.05, 0) is 25.2 Å². The molecule has 0 heterocycles. The van der Waals surface area contributed by atoms with Gasteiger partial charge in [-0.2, -0.15) is 5.10 Å². The first-order valence-corrected chi connectivity index (χ1v) is 4.71. The molecule has 0 aliphatic heterocycles. The largest absolute Gasteiger partial charge is 0.310 e. The first-order valence-electron chi connectivity index (χ1n) is 4.71. The third-order valence-corrected chi connectivity index (χ3v) is 1.42. The Hall–Kier alpha value is -0.530. The molecule has 0 aliphatic rings. The summed E-state index contributed by atoms with van der Waals surface area (Å²) in [5.74, 6) is 0. The Bertz CT molecular complexity index is 142. The average Bonchev–Trinajstić information content (AvgIpc) is 1.84.